The number of aliphatic hydroxyl groups is 6. The molecule has 2 unspecified atom stereocenters. The van der Waals surface area contributed by atoms with Crippen molar-refractivity contribution >= 4 is 11.8 Å². The smallest absolute Gasteiger partial charge is 0.330 e. The first kappa shape index (κ1) is 19.7. The van der Waals surface area contributed by atoms with Gasteiger partial charge in [-0.25, -0.2) is 4.79 Å². The van der Waals surface area contributed by atoms with Crippen molar-refractivity contribution < 1.29 is 49.7 Å². The normalized spacial score (nSPS) is 41.9. The summed E-state index contributed by atoms with van der Waals surface area (Å²) < 4.78 is 9.59. The third-order valence-electron chi connectivity index (χ3n) is 3.96. The van der Waals surface area contributed by atoms with Crippen LogP contribution in [0.3, 0.4) is 0 Å². The fourth-order valence-corrected chi connectivity index (χ4v) is 2.40. The summed E-state index contributed by atoms with van der Waals surface area (Å²) in [5.74, 6) is -1.68. The van der Waals surface area contributed by atoms with Gasteiger partial charge in [-0.05, 0) is 12.2 Å². The molecule has 0 bridgehead atoms. The second kappa shape index (κ2) is 7.70. The number of hydrogen-bond acceptors (Lipinski definition) is 10. The highest BCUT2D eigenvalue weighted by Gasteiger charge is 2.43. The van der Waals surface area contributed by atoms with E-state index in [1.54, 1.807) is 0 Å². The van der Waals surface area contributed by atoms with E-state index >= 15 is 0 Å². The van der Waals surface area contributed by atoms with Crippen molar-refractivity contribution in [2.24, 2.45) is 0 Å². The number of carbonyl (C=O) groups excluding carboxylic acids is 2. The number of aliphatic hydroxyl groups excluding tert-OH is 5. The van der Waals surface area contributed by atoms with Crippen molar-refractivity contribution in [1.82, 2.24) is 0 Å². The topological polar surface area (TPSA) is 174 Å². The maximum atomic E-state index is 11.7. The predicted octanol–water partition coefficient (Wildman–Crippen LogP) is -3.49. The van der Waals surface area contributed by atoms with Gasteiger partial charge in [0.1, 0.15) is 31.0 Å². The van der Waals surface area contributed by atoms with Crippen LogP contribution in [-0.4, -0.2) is 91.4 Å². The molecule has 0 amide bonds. The Hall–Kier alpha value is -1.66. The van der Waals surface area contributed by atoms with E-state index in [0.29, 0.717) is 0 Å². The third-order valence-corrected chi connectivity index (χ3v) is 3.96. The zero-order valence-corrected chi connectivity index (χ0v) is 13.0. The van der Waals surface area contributed by atoms with Crippen molar-refractivity contribution in [3.8, 4) is 0 Å². The summed E-state index contributed by atoms with van der Waals surface area (Å²) in [4.78, 5) is 23.4. The molecule has 0 radical (unpaired) electrons. The summed E-state index contributed by atoms with van der Waals surface area (Å²) in [6.45, 7) is -0.549. The molecule has 1 aliphatic heterocycles. The molecule has 10 heteroatoms. The minimum absolute atomic E-state index is 0.299. The van der Waals surface area contributed by atoms with Crippen molar-refractivity contribution in [3.05, 3.63) is 24.3 Å². The Bertz CT molecular complexity index is 573. The third kappa shape index (κ3) is 4.50. The van der Waals surface area contributed by atoms with Crippen LogP contribution >= 0.6 is 0 Å². The van der Waals surface area contributed by atoms with Gasteiger partial charge in [-0.15, -0.1) is 0 Å². The molecule has 0 saturated carbocycles. The van der Waals surface area contributed by atoms with Gasteiger partial charge in [0.25, 0.3) is 0 Å². The van der Waals surface area contributed by atoms with Gasteiger partial charge in [0.2, 0.25) is 0 Å². The lowest BCUT2D eigenvalue weighted by Gasteiger charge is -2.37. The molecular formula is C15H20O10. The number of Topliss-reactive ketones (excluding diaryl/α,β-unsaturated/α-hetero) is 1. The van der Waals surface area contributed by atoms with E-state index in [1.165, 1.54) is 6.08 Å². The molecule has 0 aromatic heterocycles. The van der Waals surface area contributed by atoms with Crippen molar-refractivity contribution in [2.45, 2.75) is 48.8 Å². The molecule has 25 heavy (non-hydrogen) atoms. The maximum Gasteiger partial charge on any atom is 0.330 e. The summed E-state index contributed by atoms with van der Waals surface area (Å²) in [6.07, 6.45) is -5.34. The van der Waals surface area contributed by atoms with E-state index in [9.17, 15) is 40.2 Å². The Labute approximate surface area is 142 Å². The number of carbonyl (C=O) groups is 2. The zero-order chi connectivity index (χ0) is 18.8. The molecular weight excluding hydrogens is 340 g/mol. The van der Waals surface area contributed by atoms with E-state index < -0.39 is 60.8 Å². The second-order valence-corrected chi connectivity index (χ2v) is 5.88. The molecule has 6 N–H and O–H groups in total. The van der Waals surface area contributed by atoms with Gasteiger partial charge in [-0.1, -0.05) is 6.08 Å². The molecule has 1 heterocycles. The molecule has 1 saturated heterocycles. The lowest BCUT2D eigenvalue weighted by molar-refractivity contribution is -0.287. The minimum atomic E-state index is -2.03. The second-order valence-electron chi connectivity index (χ2n) is 5.88. The van der Waals surface area contributed by atoms with Crippen LogP contribution in [0, 0.1) is 0 Å². The average Bonchev–Trinajstić information content (AvgIpc) is 2.57. The monoisotopic (exact) mass is 360 g/mol. The molecule has 0 spiro atoms. The van der Waals surface area contributed by atoms with E-state index in [4.69, 9.17) is 9.47 Å². The predicted molar refractivity (Wildman–Crippen MR) is 78.7 cm³/mol. The number of ketones is 1. The first-order valence-electron chi connectivity index (χ1n) is 7.51. The summed E-state index contributed by atoms with van der Waals surface area (Å²) in [5, 5.41) is 57.2. The van der Waals surface area contributed by atoms with Crippen LogP contribution < -0.4 is 0 Å². The minimum Gasteiger partial charge on any atom is -0.460 e. The van der Waals surface area contributed by atoms with Gasteiger partial charge >= 0.3 is 5.97 Å². The van der Waals surface area contributed by atoms with Crippen LogP contribution in [0.15, 0.2) is 24.3 Å². The van der Waals surface area contributed by atoms with E-state index in [1.807, 2.05) is 0 Å². The Kier molecular flexibility index (Phi) is 6.06. The number of rotatable bonds is 4. The standard InChI is InChI=1S/C15H20O10/c16-7-1-3-15(23,9(17)5-7)4-2-10(18)24-6-8-11(19)12(20)13(21)14(22)25-8/h1-4,7-8,11-14,16,19-23H,5-6H2/b4-2+/t7?,8-,11-,12+,13-,14-,15?/m1/s1. The highest BCUT2D eigenvalue weighted by Crippen LogP contribution is 2.21. The molecule has 0 aromatic carbocycles. The van der Waals surface area contributed by atoms with Gasteiger partial charge in [0.05, 0.1) is 6.10 Å². The summed E-state index contributed by atoms with van der Waals surface area (Å²) >= 11 is 0. The first-order chi connectivity index (χ1) is 11.6. The lowest BCUT2D eigenvalue weighted by atomic mass is 9.88. The van der Waals surface area contributed by atoms with Gasteiger partial charge in [-0.3, -0.25) is 4.79 Å². The van der Waals surface area contributed by atoms with Gasteiger partial charge in [0.15, 0.2) is 17.7 Å². The largest absolute Gasteiger partial charge is 0.460 e. The quantitative estimate of drug-likeness (QED) is 0.168. The lowest BCUT2D eigenvalue weighted by Crippen LogP contribution is -2.58. The van der Waals surface area contributed by atoms with Gasteiger partial charge in [-0.2, -0.15) is 0 Å². The molecule has 0 aromatic rings. The van der Waals surface area contributed by atoms with Crippen LogP contribution in [0.2, 0.25) is 0 Å². The van der Waals surface area contributed by atoms with E-state index in [2.05, 4.69) is 0 Å². The van der Waals surface area contributed by atoms with Gasteiger partial charge in [0, 0.05) is 12.5 Å². The maximum absolute atomic E-state index is 11.7. The SMILES string of the molecule is O=C(/C=C/C1(O)C=CC(O)CC1=O)OC[C@H]1O[C@@H](O)[C@H](O)[C@@H](O)[C@@H]1O. The summed E-state index contributed by atoms with van der Waals surface area (Å²) in [6, 6.07) is 0. The molecule has 2 aliphatic rings. The van der Waals surface area contributed by atoms with Crippen LogP contribution in [-0.2, 0) is 19.1 Å². The van der Waals surface area contributed by atoms with Crippen LogP contribution in [0.1, 0.15) is 6.42 Å². The fourth-order valence-electron chi connectivity index (χ4n) is 2.40. The highest BCUT2D eigenvalue weighted by atomic mass is 16.6. The Morgan fingerprint density at radius 2 is 1.92 bits per heavy atom. The van der Waals surface area contributed by atoms with Gasteiger partial charge < -0.3 is 40.1 Å². The number of ether oxygens (including phenoxy) is 2. The molecule has 140 valence electrons. The Morgan fingerprint density at radius 1 is 1.24 bits per heavy atom. The summed E-state index contributed by atoms with van der Waals surface area (Å²) in [7, 11) is 0. The fraction of sp³-hybridized carbons (Fsp3) is 0.600. The van der Waals surface area contributed by atoms with Crippen LogP contribution in [0.5, 0.6) is 0 Å². The molecule has 2 rings (SSSR count). The molecule has 7 atom stereocenters. The molecule has 10 nitrogen and oxygen atoms in total. The summed E-state index contributed by atoms with van der Waals surface area (Å²) in [5.41, 5.74) is -2.03. The highest BCUT2D eigenvalue weighted by molar-refractivity contribution is 5.94. The van der Waals surface area contributed by atoms with Crippen LogP contribution in [0.4, 0.5) is 0 Å². The van der Waals surface area contributed by atoms with Crippen LogP contribution in [0.25, 0.3) is 0 Å². The number of esters is 1. The molecule has 1 aliphatic carbocycles. The molecule has 1 fully saturated rings. The van der Waals surface area contributed by atoms with E-state index in [-0.39, 0.29) is 6.42 Å². The number of hydrogen-bond donors (Lipinski definition) is 6. The van der Waals surface area contributed by atoms with Crippen molar-refractivity contribution in [1.29, 1.82) is 0 Å². The van der Waals surface area contributed by atoms with E-state index in [0.717, 1.165) is 18.2 Å². The van der Waals surface area contributed by atoms with Crippen molar-refractivity contribution in [2.75, 3.05) is 6.61 Å². The Balaban J connectivity index is 1.90. The van der Waals surface area contributed by atoms with Crippen molar-refractivity contribution in [3.63, 3.8) is 0 Å². The zero-order valence-electron chi connectivity index (χ0n) is 13.0. The average molecular weight is 360 g/mol. The first-order valence-corrected chi connectivity index (χ1v) is 7.51. The Morgan fingerprint density at radius 3 is 2.56 bits per heavy atom.